The van der Waals surface area contributed by atoms with Crippen molar-refractivity contribution in [3.05, 3.63) is 200 Å². The molecule has 274 valence electrons. The number of rotatable bonds is 10. The molecule has 0 atom stereocenters. The number of benzene rings is 6. The number of hydrogen-bond donors (Lipinski definition) is 1. The van der Waals surface area contributed by atoms with Gasteiger partial charge in [-0.3, -0.25) is 15.1 Å². The molecule has 3 aromatic heterocycles. The first-order valence-electron chi connectivity index (χ1n) is 19.8. The van der Waals surface area contributed by atoms with Crippen molar-refractivity contribution in [3.63, 3.8) is 0 Å². The van der Waals surface area contributed by atoms with E-state index in [0.29, 0.717) is 11.1 Å². The molecule has 9 aromatic rings. The van der Waals surface area contributed by atoms with Crippen LogP contribution in [0.1, 0.15) is 11.1 Å². The Hall–Kier alpha value is -6.78. The third-order valence-electron chi connectivity index (χ3n) is 11.0. The van der Waals surface area contributed by atoms with Crippen molar-refractivity contribution in [2.45, 2.75) is 10.2 Å². The summed E-state index contributed by atoms with van der Waals surface area (Å²) in [4.78, 5) is 9.17. The molecule has 0 amide bonds. The second-order valence-electron chi connectivity index (χ2n) is 15.3. The maximum Gasteiger partial charge on any atom is 0.0702 e. The van der Waals surface area contributed by atoms with Crippen LogP contribution in [0.5, 0.6) is 0 Å². The highest BCUT2D eigenvalue weighted by Gasteiger charge is 2.18. The van der Waals surface area contributed by atoms with Gasteiger partial charge in [0.25, 0.3) is 0 Å². The first-order valence-corrected chi connectivity index (χ1v) is 19.8. The topological polar surface area (TPSA) is 54.5 Å². The molecular weight excluding hydrogens is 733 g/mol. The number of aromatic amines is 1. The lowest BCUT2D eigenvalue weighted by atomic mass is 9.40. The summed E-state index contributed by atoms with van der Waals surface area (Å²) >= 11 is 0. The fourth-order valence-electron chi connectivity index (χ4n) is 7.73. The lowest BCUT2D eigenvalue weighted by Crippen LogP contribution is -2.27. The SMILES string of the molecule is [B]C([B])([B])c1ccc(-c2ccc(-c3ccccc3-c3cc(-c4ccccc4-c4ccc(-c5ccc(C([B])([B])[B])cn5)cc4)cc(-c4ccccc4-c4cn[nH]c4)c3)cc2)nc1. The summed E-state index contributed by atoms with van der Waals surface area (Å²) in [5, 5.41) is 4.36. The molecule has 0 unspecified atom stereocenters. The van der Waals surface area contributed by atoms with Crippen molar-refractivity contribution < 1.29 is 0 Å². The second-order valence-corrected chi connectivity index (χ2v) is 15.3. The van der Waals surface area contributed by atoms with Crippen molar-refractivity contribution in [1.82, 2.24) is 20.2 Å². The van der Waals surface area contributed by atoms with E-state index in [9.17, 15) is 0 Å². The van der Waals surface area contributed by atoms with Gasteiger partial charge in [-0.1, -0.05) is 133 Å². The van der Waals surface area contributed by atoms with Crippen LogP contribution in [0, 0.1) is 0 Å². The molecule has 12 radical (unpaired) electrons. The van der Waals surface area contributed by atoms with Gasteiger partial charge in [0, 0.05) is 35.3 Å². The first kappa shape index (κ1) is 39.7. The minimum atomic E-state index is -1.45. The fraction of sp³-hybridized carbons (Fsp3) is 0.0392. The van der Waals surface area contributed by atoms with Crippen LogP contribution < -0.4 is 0 Å². The summed E-state index contributed by atoms with van der Waals surface area (Å²) in [6.07, 6.45) is 7.03. The third kappa shape index (κ3) is 8.36. The zero-order valence-electron chi connectivity index (χ0n) is 33.2. The number of pyridine rings is 2. The lowest BCUT2D eigenvalue weighted by Gasteiger charge is -2.20. The van der Waals surface area contributed by atoms with E-state index in [4.69, 9.17) is 47.1 Å². The van der Waals surface area contributed by atoms with Crippen LogP contribution in [-0.4, -0.2) is 67.2 Å². The third-order valence-corrected chi connectivity index (χ3v) is 11.0. The minimum absolute atomic E-state index is 0.552. The number of aromatic nitrogens is 4. The molecule has 3 heterocycles. The van der Waals surface area contributed by atoms with Gasteiger partial charge in [0.15, 0.2) is 0 Å². The van der Waals surface area contributed by atoms with E-state index in [0.717, 1.165) is 89.3 Å². The van der Waals surface area contributed by atoms with Crippen LogP contribution in [0.4, 0.5) is 0 Å². The van der Waals surface area contributed by atoms with Crippen molar-refractivity contribution in [2.24, 2.45) is 0 Å². The Kier molecular flexibility index (Phi) is 10.6. The highest BCUT2D eigenvalue weighted by atomic mass is 15.1. The predicted octanol–water partition coefficient (Wildman–Crippen LogP) is 9.77. The number of nitrogens with zero attached hydrogens (tertiary/aromatic N) is 3. The van der Waals surface area contributed by atoms with E-state index in [1.165, 1.54) is 0 Å². The standard InChI is InChI=1S/C51H32B6N4/c52-50(53,54)40-21-23-48(58-30-40)34-17-13-32(14-18-34)42-7-1-3-9-44(42)36-25-37(27-38(26-36)46-11-5-6-12-47(46)39-28-60-61-29-39)45-10-4-2-8-43(45)33-15-19-35(20-16-33)49-24-22-41(31-59-49)51(55,56)57/h1-31H,(H,60,61). The number of hydrogen-bond acceptors (Lipinski definition) is 3. The van der Waals surface area contributed by atoms with Gasteiger partial charge in [0.1, 0.15) is 0 Å². The summed E-state index contributed by atoms with van der Waals surface area (Å²) in [5.41, 5.74) is 17.6. The van der Waals surface area contributed by atoms with Crippen LogP contribution in [0.25, 0.3) is 89.3 Å². The molecule has 9 rings (SSSR count). The first-order chi connectivity index (χ1) is 29.5. The van der Waals surface area contributed by atoms with Crippen LogP contribution in [0.15, 0.2) is 189 Å². The summed E-state index contributed by atoms with van der Waals surface area (Å²) in [6.45, 7) is 0. The Bertz CT molecular complexity index is 2790. The molecule has 0 aliphatic carbocycles. The average molecular weight is 766 g/mol. The molecule has 0 spiro atoms. The van der Waals surface area contributed by atoms with Crippen molar-refractivity contribution >= 4 is 47.1 Å². The molecule has 61 heavy (non-hydrogen) atoms. The van der Waals surface area contributed by atoms with Gasteiger partial charge in [-0.2, -0.15) is 5.10 Å². The molecule has 6 aromatic carbocycles. The van der Waals surface area contributed by atoms with Crippen LogP contribution in [0.3, 0.4) is 0 Å². The van der Waals surface area contributed by atoms with E-state index in [-0.39, 0.29) is 0 Å². The lowest BCUT2D eigenvalue weighted by molar-refractivity contribution is 1.09. The van der Waals surface area contributed by atoms with E-state index in [1.54, 1.807) is 12.4 Å². The minimum Gasteiger partial charge on any atom is -0.285 e. The largest absolute Gasteiger partial charge is 0.285 e. The Labute approximate surface area is 364 Å². The summed E-state index contributed by atoms with van der Waals surface area (Å²) < 4.78 is 0. The molecule has 0 fully saturated rings. The van der Waals surface area contributed by atoms with Gasteiger partial charge in [-0.25, -0.2) is 0 Å². The van der Waals surface area contributed by atoms with E-state index < -0.39 is 10.2 Å². The van der Waals surface area contributed by atoms with Crippen LogP contribution >= 0.6 is 0 Å². The summed E-state index contributed by atoms with van der Waals surface area (Å²) in [6, 6.07) is 56.6. The van der Waals surface area contributed by atoms with Gasteiger partial charge in [-0.05, 0) is 103 Å². The van der Waals surface area contributed by atoms with Gasteiger partial charge >= 0.3 is 0 Å². The summed E-state index contributed by atoms with van der Waals surface area (Å²) in [7, 11) is 35.3. The molecule has 0 bridgehead atoms. The molecule has 10 heteroatoms. The van der Waals surface area contributed by atoms with Crippen molar-refractivity contribution in [2.75, 3.05) is 0 Å². The number of H-pyrrole nitrogens is 1. The molecule has 1 N–H and O–H groups in total. The van der Waals surface area contributed by atoms with Gasteiger partial charge in [0.05, 0.1) is 64.7 Å². The fourth-order valence-corrected chi connectivity index (χ4v) is 7.73. The molecule has 4 nitrogen and oxygen atoms in total. The highest BCUT2D eigenvalue weighted by molar-refractivity contribution is 6.59. The van der Waals surface area contributed by atoms with E-state index in [2.05, 4.69) is 160 Å². The van der Waals surface area contributed by atoms with Gasteiger partial charge in [0.2, 0.25) is 0 Å². The monoisotopic (exact) mass is 766 g/mol. The van der Waals surface area contributed by atoms with Gasteiger partial charge < -0.3 is 0 Å². The van der Waals surface area contributed by atoms with E-state index in [1.807, 2.05) is 36.7 Å². The van der Waals surface area contributed by atoms with E-state index >= 15 is 0 Å². The zero-order valence-corrected chi connectivity index (χ0v) is 33.2. The van der Waals surface area contributed by atoms with Crippen LogP contribution in [-0.2, 0) is 10.2 Å². The Morgan fingerprint density at radius 2 is 0.656 bits per heavy atom. The Balaban J connectivity index is 1.14. The predicted molar refractivity (Wildman–Crippen MR) is 256 cm³/mol. The molecule has 0 aliphatic heterocycles. The second kappa shape index (κ2) is 16.3. The maximum absolute atomic E-state index is 5.88. The van der Waals surface area contributed by atoms with Gasteiger partial charge in [-0.15, -0.1) is 10.2 Å². The highest BCUT2D eigenvalue weighted by Crippen LogP contribution is 2.42. The van der Waals surface area contributed by atoms with Crippen molar-refractivity contribution in [3.8, 4) is 89.3 Å². The average Bonchev–Trinajstić information content (AvgIpc) is 3.84. The zero-order chi connectivity index (χ0) is 42.1. The molecule has 0 saturated carbocycles. The quantitative estimate of drug-likeness (QED) is 0.141. The normalized spacial score (nSPS) is 11.7. The smallest absolute Gasteiger partial charge is 0.0702 e. The number of nitrogens with one attached hydrogen (secondary N) is 1. The molecular formula is C51H32B6N4. The maximum atomic E-state index is 5.88. The Morgan fingerprint density at radius 1 is 0.328 bits per heavy atom. The molecule has 0 aliphatic rings. The molecule has 0 saturated heterocycles. The van der Waals surface area contributed by atoms with Crippen LogP contribution in [0.2, 0.25) is 0 Å². The summed E-state index contributed by atoms with van der Waals surface area (Å²) in [5.74, 6) is 0. The van der Waals surface area contributed by atoms with Crippen molar-refractivity contribution in [1.29, 1.82) is 0 Å². The Morgan fingerprint density at radius 3 is 0.951 bits per heavy atom.